The minimum atomic E-state index is -1.24. The Labute approximate surface area is 208 Å². The lowest BCUT2D eigenvalue weighted by Crippen LogP contribution is -2.48. The number of amides is 2. The Bertz CT molecular complexity index is 1370. The Hall–Kier alpha value is -3.83. The molecule has 0 aromatic heterocycles. The molecule has 0 saturated carbocycles. The van der Waals surface area contributed by atoms with Crippen LogP contribution in [0.2, 0.25) is 5.02 Å². The van der Waals surface area contributed by atoms with E-state index in [1.807, 2.05) is 42.5 Å². The van der Waals surface area contributed by atoms with Gasteiger partial charge in [0.05, 0.1) is 24.1 Å². The number of carbonyl (C=O) groups is 2. The van der Waals surface area contributed by atoms with E-state index in [4.69, 9.17) is 16.3 Å². The van der Waals surface area contributed by atoms with Gasteiger partial charge in [-0.2, -0.15) is 0 Å². The number of allylic oxidation sites excluding steroid dienone is 3. The summed E-state index contributed by atoms with van der Waals surface area (Å²) in [6.45, 7) is 4.01. The lowest BCUT2D eigenvalue weighted by molar-refractivity contribution is -0.123. The third-order valence-corrected chi connectivity index (χ3v) is 7.33. The number of imide groups is 1. The molecule has 3 aromatic rings. The molecule has 3 unspecified atom stereocenters. The zero-order valence-electron chi connectivity index (χ0n) is 19.1. The number of anilines is 1. The first kappa shape index (κ1) is 22.9. The Morgan fingerprint density at radius 3 is 2.51 bits per heavy atom. The average molecular weight is 486 g/mol. The summed E-state index contributed by atoms with van der Waals surface area (Å²) in [4.78, 5) is 29.7. The van der Waals surface area contributed by atoms with Gasteiger partial charge in [0, 0.05) is 10.9 Å². The van der Waals surface area contributed by atoms with Crippen molar-refractivity contribution in [2.45, 2.75) is 17.8 Å². The van der Waals surface area contributed by atoms with Crippen LogP contribution in [-0.2, 0) is 15.0 Å². The highest BCUT2D eigenvalue weighted by Gasteiger charge is 2.65. The summed E-state index contributed by atoms with van der Waals surface area (Å²) in [5.41, 5.74) is 1.45. The van der Waals surface area contributed by atoms with Crippen LogP contribution in [0.25, 0.3) is 0 Å². The zero-order valence-corrected chi connectivity index (χ0v) is 19.9. The number of phenolic OH excluding ortho intramolecular Hbond substituents is 1. The quantitative estimate of drug-likeness (QED) is 0.465. The van der Waals surface area contributed by atoms with Crippen LogP contribution in [0, 0.1) is 5.92 Å². The van der Waals surface area contributed by atoms with Crippen molar-refractivity contribution in [3.8, 4) is 11.5 Å². The lowest BCUT2D eigenvalue weighted by Gasteiger charge is -2.43. The highest BCUT2D eigenvalue weighted by Crippen LogP contribution is 2.58. The summed E-state index contributed by atoms with van der Waals surface area (Å²) in [7, 11) is 1.48. The van der Waals surface area contributed by atoms with Crippen LogP contribution >= 0.6 is 11.6 Å². The van der Waals surface area contributed by atoms with Gasteiger partial charge in [0.2, 0.25) is 11.8 Å². The second kappa shape index (κ2) is 8.75. The number of hydrogen-bond donors (Lipinski definition) is 1. The molecule has 1 heterocycles. The fourth-order valence-electron chi connectivity index (χ4n) is 5.64. The predicted molar refractivity (Wildman–Crippen MR) is 136 cm³/mol. The molecule has 0 radical (unpaired) electrons. The van der Waals surface area contributed by atoms with Crippen molar-refractivity contribution in [3.05, 3.63) is 113 Å². The van der Waals surface area contributed by atoms with Crippen LogP contribution in [0.3, 0.4) is 0 Å². The third-order valence-electron chi connectivity index (χ3n) is 7.09. The molecular weight excluding hydrogens is 462 g/mol. The van der Waals surface area contributed by atoms with Gasteiger partial charge in [0.15, 0.2) is 11.5 Å². The van der Waals surface area contributed by atoms with Crippen LogP contribution < -0.4 is 9.64 Å². The van der Waals surface area contributed by atoms with E-state index in [0.29, 0.717) is 28.4 Å². The smallest absolute Gasteiger partial charge is 0.246 e. The zero-order chi connectivity index (χ0) is 24.7. The predicted octanol–water partition coefficient (Wildman–Crippen LogP) is 5.78. The molecule has 3 atom stereocenters. The summed E-state index contributed by atoms with van der Waals surface area (Å²) < 4.78 is 5.23. The van der Waals surface area contributed by atoms with Crippen LogP contribution in [0.1, 0.15) is 23.5 Å². The molecule has 5 rings (SSSR count). The van der Waals surface area contributed by atoms with Crippen molar-refractivity contribution >= 4 is 29.1 Å². The highest BCUT2D eigenvalue weighted by atomic mass is 35.5. The van der Waals surface area contributed by atoms with Gasteiger partial charge in [0.25, 0.3) is 0 Å². The van der Waals surface area contributed by atoms with Crippen molar-refractivity contribution in [3.63, 3.8) is 0 Å². The van der Waals surface area contributed by atoms with E-state index >= 15 is 0 Å². The van der Waals surface area contributed by atoms with Gasteiger partial charge in [-0.25, -0.2) is 4.90 Å². The molecule has 1 fully saturated rings. The number of carbonyl (C=O) groups excluding carboxylic acids is 2. The topological polar surface area (TPSA) is 66.8 Å². The molecule has 3 aromatic carbocycles. The first-order valence-corrected chi connectivity index (χ1v) is 11.7. The van der Waals surface area contributed by atoms with E-state index in [9.17, 15) is 14.7 Å². The normalized spacial score (nSPS) is 23.6. The number of methoxy groups -OCH3 is 1. The van der Waals surface area contributed by atoms with Crippen molar-refractivity contribution in [2.24, 2.45) is 5.92 Å². The van der Waals surface area contributed by atoms with Gasteiger partial charge in [0.1, 0.15) is 0 Å². The minimum absolute atomic E-state index is 0.0396. The fourth-order valence-corrected chi connectivity index (χ4v) is 5.82. The largest absolute Gasteiger partial charge is 0.504 e. The average Bonchev–Trinajstić information content (AvgIpc) is 3.10. The first-order valence-electron chi connectivity index (χ1n) is 11.3. The van der Waals surface area contributed by atoms with Crippen molar-refractivity contribution in [2.75, 3.05) is 12.0 Å². The number of halogens is 1. The van der Waals surface area contributed by atoms with Crippen LogP contribution in [0.15, 0.2) is 97.1 Å². The van der Waals surface area contributed by atoms with E-state index in [1.54, 1.807) is 42.5 Å². The van der Waals surface area contributed by atoms with Gasteiger partial charge < -0.3 is 9.84 Å². The van der Waals surface area contributed by atoms with Crippen molar-refractivity contribution in [1.82, 2.24) is 0 Å². The van der Waals surface area contributed by atoms with Crippen LogP contribution in [0.5, 0.6) is 11.5 Å². The van der Waals surface area contributed by atoms with E-state index in [0.717, 1.165) is 11.1 Å². The van der Waals surface area contributed by atoms with Crippen LogP contribution in [-0.4, -0.2) is 24.0 Å². The molecule has 0 spiro atoms. The number of ether oxygens (including phenoxy) is 1. The molecule has 5 nitrogen and oxygen atoms in total. The third kappa shape index (κ3) is 3.38. The number of fused-ring (bicyclic) bond motifs is 1. The number of phenols is 1. The standard InChI is InChI=1S/C29H24ClNO4/c1-3-18-12-14-23-27(33)31(22-11-7-10-21(30)17-22)28(34)29(23,20-8-5-4-6-9-20)26(18)19-13-15-25(35-2)24(32)16-19/h3-13,15-17,23,26,32H,1,14H2,2H3. The molecule has 1 saturated heterocycles. The number of benzene rings is 3. The molecule has 176 valence electrons. The maximum absolute atomic E-state index is 14.6. The van der Waals surface area contributed by atoms with E-state index in [1.165, 1.54) is 12.0 Å². The molecule has 6 heteroatoms. The van der Waals surface area contributed by atoms with Gasteiger partial charge in [-0.1, -0.05) is 72.8 Å². The van der Waals surface area contributed by atoms with Gasteiger partial charge >= 0.3 is 0 Å². The molecule has 1 N–H and O–H groups in total. The summed E-state index contributed by atoms with van der Waals surface area (Å²) >= 11 is 6.23. The Morgan fingerprint density at radius 1 is 1.09 bits per heavy atom. The summed E-state index contributed by atoms with van der Waals surface area (Å²) in [5, 5.41) is 11.0. The second-order valence-electron chi connectivity index (χ2n) is 8.75. The maximum Gasteiger partial charge on any atom is 0.246 e. The molecular formula is C29H24ClNO4. The Balaban J connectivity index is 1.80. The summed E-state index contributed by atoms with van der Waals surface area (Å²) in [6, 6.07) is 21.3. The maximum atomic E-state index is 14.6. The molecule has 1 aliphatic heterocycles. The number of nitrogens with zero attached hydrogens (tertiary/aromatic N) is 1. The van der Waals surface area contributed by atoms with Gasteiger partial charge in [-0.05, 0) is 53.5 Å². The van der Waals surface area contributed by atoms with Crippen molar-refractivity contribution in [1.29, 1.82) is 0 Å². The summed E-state index contributed by atoms with van der Waals surface area (Å²) in [6.07, 6.45) is 4.08. The summed E-state index contributed by atoms with van der Waals surface area (Å²) in [5.74, 6) is -1.51. The van der Waals surface area contributed by atoms with E-state index < -0.39 is 17.3 Å². The Kier molecular flexibility index (Phi) is 5.73. The fraction of sp³-hybridized carbons (Fsp3) is 0.172. The minimum Gasteiger partial charge on any atom is -0.504 e. The second-order valence-corrected chi connectivity index (χ2v) is 9.19. The monoisotopic (exact) mass is 485 g/mol. The number of hydrogen-bond acceptors (Lipinski definition) is 4. The Morgan fingerprint density at radius 2 is 1.86 bits per heavy atom. The number of aromatic hydroxyl groups is 1. The molecule has 2 aliphatic rings. The highest BCUT2D eigenvalue weighted by molar-refractivity contribution is 6.32. The van der Waals surface area contributed by atoms with Gasteiger partial charge in [-0.3, -0.25) is 9.59 Å². The van der Waals surface area contributed by atoms with E-state index in [-0.39, 0.29) is 17.6 Å². The molecule has 35 heavy (non-hydrogen) atoms. The molecule has 2 amide bonds. The lowest BCUT2D eigenvalue weighted by atomic mass is 9.56. The van der Waals surface area contributed by atoms with Gasteiger partial charge in [-0.15, -0.1) is 0 Å². The van der Waals surface area contributed by atoms with Crippen LogP contribution in [0.4, 0.5) is 5.69 Å². The molecule has 0 bridgehead atoms. The van der Waals surface area contributed by atoms with E-state index in [2.05, 4.69) is 6.58 Å². The van der Waals surface area contributed by atoms with Crippen molar-refractivity contribution < 1.29 is 19.4 Å². The molecule has 1 aliphatic carbocycles. The SMILES string of the molecule is C=CC1=CCC2C(=O)N(c3cccc(Cl)c3)C(=O)C2(c2ccccc2)C1c1ccc(OC)c(O)c1. The first-order chi connectivity index (χ1) is 16.9. The number of rotatable bonds is 5.